The molecular weight excluding hydrogens is 288 g/mol. The van der Waals surface area contributed by atoms with Crippen molar-refractivity contribution < 1.29 is 14.6 Å². The minimum absolute atomic E-state index is 0.310. The van der Waals surface area contributed by atoms with Crippen LogP contribution in [0.15, 0.2) is 12.7 Å². The molecular formula is C20H32O3. The van der Waals surface area contributed by atoms with E-state index in [2.05, 4.69) is 6.58 Å². The Kier molecular flexibility index (Phi) is 4.37. The van der Waals surface area contributed by atoms with Gasteiger partial charge in [-0.25, -0.2) is 4.79 Å². The summed E-state index contributed by atoms with van der Waals surface area (Å²) in [5, 5.41) is 11.7. The highest BCUT2D eigenvalue weighted by Gasteiger charge is 2.65. The van der Waals surface area contributed by atoms with Crippen LogP contribution in [0.3, 0.4) is 0 Å². The lowest BCUT2D eigenvalue weighted by Crippen LogP contribution is -2.66. The molecule has 4 unspecified atom stereocenters. The number of fused-ring (bicyclic) bond motifs is 2. The first-order valence-corrected chi connectivity index (χ1v) is 9.41. The summed E-state index contributed by atoms with van der Waals surface area (Å²) < 4.78 is 5.81. The van der Waals surface area contributed by atoms with E-state index in [0.717, 1.165) is 38.5 Å². The van der Waals surface area contributed by atoms with Crippen molar-refractivity contribution in [2.24, 2.45) is 17.3 Å². The molecule has 0 saturated heterocycles. The van der Waals surface area contributed by atoms with Gasteiger partial charge in [-0.15, -0.1) is 0 Å². The average molecular weight is 320 g/mol. The molecule has 0 spiro atoms. The number of carbonyl (C=O) groups is 1. The average Bonchev–Trinajstić information content (AvgIpc) is 2.51. The zero-order valence-electron chi connectivity index (χ0n) is 14.8. The zero-order valence-corrected chi connectivity index (χ0v) is 14.8. The van der Waals surface area contributed by atoms with Gasteiger partial charge >= 0.3 is 5.97 Å². The van der Waals surface area contributed by atoms with E-state index in [1.54, 1.807) is 0 Å². The molecule has 3 nitrogen and oxygen atoms in total. The summed E-state index contributed by atoms with van der Waals surface area (Å²) in [7, 11) is 0. The smallest absolute Gasteiger partial charge is 0.330 e. The number of rotatable bonds is 3. The van der Waals surface area contributed by atoms with Crippen LogP contribution in [0.4, 0.5) is 0 Å². The molecule has 0 aliphatic heterocycles. The molecule has 3 heteroatoms. The summed E-state index contributed by atoms with van der Waals surface area (Å²) in [5.41, 5.74) is -1.65. The third-order valence-corrected chi connectivity index (χ3v) is 7.29. The van der Waals surface area contributed by atoms with Gasteiger partial charge in [-0.1, -0.05) is 45.1 Å². The molecule has 0 aromatic heterocycles. The van der Waals surface area contributed by atoms with Crippen molar-refractivity contribution in [1.29, 1.82) is 0 Å². The second-order valence-corrected chi connectivity index (χ2v) is 8.67. The molecule has 3 fully saturated rings. The Labute approximate surface area is 140 Å². The van der Waals surface area contributed by atoms with Gasteiger partial charge < -0.3 is 9.84 Å². The van der Waals surface area contributed by atoms with Crippen molar-refractivity contribution in [1.82, 2.24) is 0 Å². The third-order valence-electron chi connectivity index (χ3n) is 7.29. The maximum absolute atomic E-state index is 11.9. The molecule has 130 valence electrons. The summed E-state index contributed by atoms with van der Waals surface area (Å²) in [4.78, 5) is 11.9. The molecule has 3 aliphatic carbocycles. The summed E-state index contributed by atoms with van der Waals surface area (Å²) in [6, 6.07) is 0. The Hall–Kier alpha value is -0.830. The van der Waals surface area contributed by atoms with Crippen LogP contribution in [0.5, 0.6) is 0 Å². The van der Waals surface area contributed by atoms with E-state index in [9.17, 15) is 9.90 Å². The Morgan fingerprint density at radius 3 is 2.39 bits per heavy atom. The van der Waals surface area contributed by atoms with Crippen LogP contribution in [0.1, 0.15) is 78.1 Å². The van der Waals surface area contributed by atoms with Crippen LogP contribution >= 0.6 is 0 Å². The minimum atomic E-state index is -0.686. The van der Waals surface area contributed by atoms with Gasteiger partial charge in [0.1, 0.15) is 5.60 Å². The zero-order chi connectivity index (χ0) is 16.7. The largest absolute Gasteiger partial charge is 0.456 e. The second-order valence-electron chi connectivity index (χ2n) is 8.67. The molecule has 23 heavy (non-hydrogen) atoms. The quantitative estimate of drug-likeness (QED) is 0.620. The number of aliphatic hydroxyl groups is 1. The minimum Gasteiger partial charge on any atom is -0.456 e. The molecule has 3 rings (SSSR count). The Morgan fingerprint density at radius 2 is 1.74 bits per heavy atom. The Balaban J connectivity index is 1.96. The van der Waals surface area contributed by atoms with Gasteiger partial charge in [0.2, 0.25) is 0 Å². The lowest BCUT2D eigenvalue weighted by atomic mass is 9.45. The molecule has 0 amide bonds. The second kappa shape index (κ2) is 5.91. The molecule has 4 atom stereocenters. The van der Waals surface area contributed by atoms with Crippen LogP contribution in [0, 0.1) is 17.3 Å². The fourth-order valence-corrected chi connectivity index (χ4v) is 6.11. The number of carbonyl (C=O) groups excluding carboxylic acids is 1. The molecule has 3 aliphatic rings. The van der Waals surface area contributed by atoms with E-state index in [1.165, 1.54) is 31.8 Å². The fourth-order valence-electron chi connectivity index (χ4n) is 6.11. The van der Waals surface area contributed by atoms with Crippen molar-refractivity contribution in [3.8, 4) is 0 Å². The first-order chi connectivity index (χ1) is 10.8. The van der Waals surface area contributed by atoms with E-state index in [1.807, 2.05) is 13.8 Å². The highest BCUT2D eigenvalue weighted by atomic mass is 16.6. The van der Waals surface area contributed by atoms with E-state index >= 15 is 0 Å². The lowest BCUT2D eigenvalue weighted by Gasteiger charge is -2.63. The summed E-state index contributed by atoms with van der Waals surface area (Å²) in [6.45, 7) is 7.55. The van der Waals surface area contributed by atoms with E-state index < -0.39 is 11.2 Å². The maximum Gasteiger partial charge on any atom is 0.330 e. The fraction of sp³-hybridized carbons (Fsp3) is 0.850. The lowest BCUT2D eigenvalue weighted by molar-refractivity contribution is -0.251. The van der Waals surface area contributed by atoms with Crippen molar-refractivity contribution in [3.05, 3.63) is 12.7 Å². The third kappa shape index (κ3) is 2.65. The van der Waals surface area contributed by atoms with Crippen LogP contribution in [-0.2, 0) is 9.53 Å². The van der Waals surface area contributed by atoms with Gasteiger partial charge in [0.25, 0.3) is 0 Å². The number of esters is 1. The summed E-state index contributed by atoms with van der Waals surface area (Å²) in [6.07, 6.45) is 12.3. The standard InChI is InChI=1S/C20H32O3/c1-4-17(21)23-18(2,3)19-11-7-8-12-20(19,22)14-16-10-6-5-9-15(16)13-19/h4,15-16,22H,1,5-14H2,2-3H3. The van der Waals surface area contributed by atoms with Crippen molar-refractivity contribution in [2.45, 2.75) is 89.3 Å². The van der Waals surface area contributed by atoms with Gasteiger partial charge in [0, 0.05) is 11.5 Å². The van der Waals surface area contributed by atoms with Gasteiger partial charge in [-0.05, 0) is 51.4 Å². The normalized spacial score (nSPS) is 40.7. The summed E-state index contributed by atoms with van der Waals surface area (Å²) in [5.74, 6) is 0.970. The molecule has 0 radical (unpaired) electrons. The first-order valence-electron chi connectivity index (χ1n) is 9.41. The van der Waals surface area contributed by atoms with Crippen LogP contribution < -0.4 is 0 Å². The monoisotopic (exact) mass is 320 g/mol. The van der Waals surface area contributed by atoms with Crippen LogP contribution in [0.2, 0.25) is 0 Å². The molecule has 0 heterocycles. The van der Waals surface area contributed by atoms with Gasteiger partial charge in [-0.2, -0.15) is 0 Å². The van der Waals surface area contributed by atoms with Gasteiger partial charge in [0.15, 0.2) is 0 Å². The molecule has 0 aromatic rings. The predicted octanol–water partition coefficient (Wildman–Crippen LogP) is 4.39. The van der Waals surface area contributed by atoms with Crippen molar-refractivity contribution in [3.63, 3.8) is 0 Å². The van der Waals surface area contributed by atoms with Crippen LogP contribution in [0.25, 0.3) is 0 Å². The Bertz CT molecular complexity index is 483. The van der Waals surface area contributed by atoms with Crippen molar-refractivity contribution in [2.75, 3.05) is 0 Å². The SMILES string of the molecule is C=CC(=O)OC(C)(C)C12CCCCC1(O)CC1CCCCC1C2. The van der Waals surface area contributed by atoms with E-state index in [-0.39, 0.29) is 11.4 Å². The first kappa shape index (κ1) is 17.0. The maximum atomic E-state index is 11.9. The van der Waals surface area contributed by atoms with Gasteiger partial charge in [-0.3, -0.25) is 0 Å². The van der Waals surface area contributed by atoms with Crippen molar-refractivity contribution >= 4 is 5.97 Å². The number of hydrogen-bond donors (Lipinski definition) is 1. The van der Waals surface area contributed by atoms with Gasteiger partial charge in [0.05, 0.1) is 5.60 Å². The van der Waals surface area contributed by atoms with E-state index in [0.29, 0.717) is 11.8 Å². The number of hydrogen-bond acceptors (Lipinski definition) is 3. The molecule has 0 aromatic carbocycles. The highest BCUT2D eigenvalue weighted by Crippen LogP contribution is 2.63. The van der Waals surface area contributed by atoms with E-state index in [4.69, 9.17) is 4.74 Å². The predicted molar refractivity (Wildman–Crippen MR) is 90.9 cm³/mol. The molecule has 1 N–H and O–H groups in total. The Morgan fingerprint density at radius 1 is 1.13 bits per heavy atom. The summed E-state index contributed by atoms with van der Waals surface area (Å²) >= 11 is 0. The topological polar surface area (TPSA) is 46.5 Å². The van der Waals surface area contributed by atoms with Crippen LogP contribution in [-0.4, -0.2) is 22.3 Å². The molecule has 3 saturated carbocycles. The highest BCUT2D eigenvalue weighted by molar-refractivity contribution is 5.81. The molecule has 0 bridgehead atoms. The number of ether oxygens (including phenoxy) is 1.